The summed E-state index contributed by atoms with van der Waals surface area (Å²) in [5.74, 6) is -0.0755. The minimum atomic E-state index is -3.37. The molecule has 0 amide bonds. The van der Waals surface area contributed by atoms with Crippen LogP contribution in [0.3, 0.4) is 0 Å². The maximum absolute atomic E-state index is 12.1. The van der Waals surface area contributed by atoms with Crippen LogP contribution in [0.4, 0.5) is 0 Å². The Morgan fingerprint density at radius 3 is 2.65 bits per heavy atom. The quantitative estimate of drug-likeness (QED) is 0.746. The van der Waals surface area contributed by atoms with Crippen molar-refractivity contribution >= 4 is 39.0 Å². The molecule has 4 nitrogen and oxygen atoms in total. The Morgan fingerprint density at radius 2 is 2.10 bits per heavy atom. The first-order valence-electron chi connectivity index (χ1n) is 6.06. The molecule has 0 saturated heterocycles. The van der Waals surface area contributed by atoms with E-state index >= 15 is 0 Å². The maximum Gasteiger partial charge on any atom is 0.215 e. The van der Waals surface area contributed by atoms with Gasteiger partial charge in [-0.15, -0.1) is 0 Å². The molecule has 112 valence electrons. The molecule has 0 aliphatic rings. The van der Waals surface area contributed by atoms with Crippen LogP contribution in [0.1, 0.15) is 25.0 Å². The van der Waals surface area contributed by atoms with Crippen molar-refractivity contribution in [1.82, 2.24) is 4.72 Å². The van der Waals surface area contributed by atoms with Crippen molar-refractivity contribution < 1.29 is 8.42 Å². The molecule has 20 heavy (non-hydrogen) atoms. The first-order valence-corrected chi connectivity index (χ1v) is 9.35. The van der Waals surface area contributed by atoms with Crippen molar-refractivity contribution in [2.45, 2.75) is 24.3 Å². The number of sulfonamides is 1. The van der Waals surface area contributed by atoms with E-state index < -0.39 is 10.0 Å². The SMILES string of the molecule is CSC(C)(C)CNS(=O)(=O)Cc1cccc(C(N)=S)c1. The first kappa shape index (κ1) is 17.4. The molecule has 0 fully saturated rings. The molecule has 0 atom stereocenters. The molecule has 0 bridgehead atoms. The molecule has 0 aromatic heterocycles. The average Bonchev–Trinajstić information content (AvgIpc) is 2.36. The second kappa shape index (κ2) is 6.89. The van der Waals surface area contributed by atoms with E-state index in [9.17, 15) is 8.42 Å². The minimum absolute atomic E-state index is 0.0755. The summed E-state index contributed by atoms with van der Waals surface area (Å²) in [6, 6.07) is 6.98. The number of hydrogen-bond donors (Lipinski definition) is 2. The number of nitrogens with two attached hydrogens (primary N) is 1. The lowest BCUT2D eigenvalue weighted by atomic mass is 10.1. The number of rotatable bonds is 7. The van der Waals surface area contributed by atoms with Crippen molar-refractivity contribution in [3.05, 3.63) is 35.4 Å². The molecule has 0 heterocycles. The Kier molecular flexibility index (Phi) is 6.00. The van der Waals surface area contributed by atoms with Gasteiger partial charge in [-0.1, -0.05) is 30.4 Å². The fraction of sp³-hybridized carbons (Fsp3) is 0.462. The average molecular weight is 333 g/mol. The second-order valence-electron chi connectivity index (χ2n) is 5.11. The Hall–Kier alpha value is -0.630. The summed E-state index contributed by atoms with van der Waals surface area (Å²) in [6.07, 6.45) is 1.96. The highest BCUT2D eigenvalue weighted by Gasteiger charge is 2.20. The molecule has 0 spiro atoms. The van der Waals surface area contributed by atoms with Crippen LogP contribution in [0.5, 0.6) is 0 Å². The highest BCUT2D eigenvalue weighted by Crippen LogP contribution is 2.20. The first-order chi connectivity index (χ1) is 9.15. The van der Waals surface area contributed by atoms with E-state index in [0.29, 0.717) is 17.7 Å². The number of nitrogens with one attached hydrogen (secondary N) is 1. The highest BCUT2D eigenvalue weighted by atomic mass is 32.2. The monoisotopic (exact) mass is 332 g/mol. The van der Waals surface area contributed by atoms with Crippen LogP contribution in [0.25, 0.3) is 0 Å². The third-order valence-electron chi connectivity index (χ3n) is 2.84. The lowest BCUT2D eigenvalue weighted by Gasteiger charge is -2.22. The van der Waals surface area contributed by atoms with Crippen LogP contribution in [-0.2, 0) is 15.8 Å². The van der Waals surface area contributed by atoms with E-state index in [1.807, 2.05) is 20.1 Å². The number of hydrogen-bond acceptors (Lipinski definition) is 4. The van der Waals surface area contributed by atoms with Crippen LogP contribution < -0.4 is 10.5 Å². The zero-order valence-electron chi connectivity index (χ0n) is 11.8. The molecule has 0 saturated carbocycles. The van der Waals surface area contributed by atoms with Gasteiger partial charge in [0.15, 0.2) is 0 Å². The standard InChI is InChI=1S/C13H20N2O2S3/c1-13(2,19-3)9-15-20(16,17)8-10-5-4-6-11(7-10)12(14)18/h4-7,15H,8-9H2,1-3H3,(H2,14,18). The molecule has 1 rings (SSSR count). The molecule has 0 radical (unpaired) electrons. The van der Waals surface area contributed by atoms with Crippen LogP contribution >= 0.6 is 24.0 Å². The van der Waals surface area contributed by atoms with Crippen LogP contribution in [0, 0.1) is 0 Å². The molecule has 3 N–H and O–H groups in total. The molecule has 1 aromatic carbocycles. The molecule has 0 aliphatic carbocycles. The van der Waals surface area contributed by atoms with E-state index in [0.717, 1.165) is 0 Å². The number of benzene rings is 1. The normalized spacial score (nSPS) is 12.3. The zero-order valence-corrected chi connectivity index (χ0v) is 14.3. The van der Waals surface area contributed by atoms with Gasteiger partial charge in [0, 0.05) is 16.9 Å². The zero-order chi connectivity index (χ0) is 15.4. The summed E-state index contributed by atoms with van der Waals surface area (Å²) in [6.45, 7) is 4.38. The number of thiocarbonyl (C=S) groups is 1. The van der Waals surface area contributed by atoms with Crippen molar-refractivity contribution in [3.63, 3.8) is 0 Å². The van der Waals surface area contributed by atoms with Gasteiger partial charge in [0.1, 0.15) is 4.99 Å². The van der Waals surface area contributed by atoms with Crippen molar-refractivity contribution in [1.29, 1.82) is 0 Å². The van der Waals surface area contributed by atoms with Gasteiger partial charge in [0.05, 0.1) is 5.75 Å². The molecule has 0 aliphatic heterocycles. The van der Waals surface area contributed by atoms with Crippen LogP contribution in [0.2, 0.25) is 0 Å². The van der Waals surface area contributed by atoms with Crippen molar-refractivity contribution in [3.8, 4) is 0 Å². The largest absolute Gasteiger partial charge is 0.389 e. The lowest BCUT2D eigenvalue weighted by molar-refractivity contribution is 0.570. The van der Waals surface area contributed by atoms with Crippen LogP contribution in [-0.4, -0.2) is 31.0 Å². The van der Waals surface area contributed by atoms with Crippen LogP contribution in [0.15, 0.2) is 24.3 Å². The lowest BCUT2D eigenvalue weighted by Crippen LogP contribution is -2.36. The number of thioether (sulfide) groups is 1. The smallest absolute Gasteiger partial charge is 0.215 e. The van der Waals surface area contributed by atoms with E-state index in [1.165, 1.54) is 0 Å². The Bertz CT molecular complexity index is 583. The summed E-state index contributed by atoms with van der Waals surface area (Å²) in [5, 5.41) is 0. The predicted octanol–water partition coefficient (Wildman–Crippen LogP) is 1.88. The molecule has 0 unspecified atom stereocenters. The summed E-state index contributed by atoms with van der Waals surface area (Å²) in [7, 11) is -3.37. The summed E-state index contributed by atoms with van der Waals surface area (Å²) < 4.78 is 26.6. The topological polar surface area (TPSA) is 72.2 Å². The fourth-order valence-corrected chi connectivity index (χ4v) is 3.18. The highest BCUT2D eigenvalue weighted by molar-refractivity contribution is 8.00. The van der Waals surface area contributed by atoms with E-state index in [-0.39, 0.29) is 15.5 Å². The summed E-state index contributed by atoms with van der Waals surface area (Å²) >= 11 is 6.51. The fourth-order valence-electron chi connectivity index (χ4n) is 1.44. The van der Waals surface area contributed by atoms with Gasteiger partial charge in [0.25, 0.3) is 0 Å². The Balaban J connectivity index is 2.76. The van der Waals surface area contributed by atoms with Gasteiger partial charge < -0.3 is 5.73 Å². The van der Waals surface area contributed by atoms with Crippen molar-refractivity contribution in [2.75, 3.05) is 12.8 Å². The van der Waals surface area contributed by atoms with Gasteiger partial charge in [-0.2, -0.15) is 11.8 Å². The van der Waals surface area contributed by atoms with Gasteiger partial charge in [0.2, 0.25) is 10.0 Å². The maximum atomic E-state index is 12.1. The van der Waals surface area contributed by atoms with Gasteiger partial charge >= 0.3 is 0 Å². The molecular weight excluding hydrogens is 312 g/mol. The Labute approximate surface area is 130 Å². The molecule has 7 heteroatoms. The minimum Gasteiger partial charge on any atom is -0.389 e. The van der Waals surface area contributed by atoms with Gasteiger partial charge in [-0.05, 0) is 31.7 Å². The molecule has 1 aromatic rings. The van der Waals surface area contributed by atoms with E-state index in [4.69, 9.17) is 18.0 Å². The second-order valence-corrected chi connectivity index (χ2v) is 8.87. The van der Waals surface area contributed by atoms with Crippen molar-refractivity contribution in [2.24, 2.45) is 5.73 Å². The predicted molar refractivity (Wildman–Crippen MR) is 90.5 cm³/mol. The third-order valence-corrected chi connectivity index (χ3v) is 5.62. The molecular formula is C13H20N2O2S3. The third kappa shape index (κ3) is 5.78. The summed E-state index contributed by atoms with van der Waals surface area (Å²) in [4.78, 5) is 0.265. The van der Waals surface area contributed by atoms with E-state index in [1.54, 1.807) is 36.0 Å². The van der Waals surface area contributed by atoms with Gasteiger partial charge in [-0.25, -0.2) is 13.1 Å². The van der Waals surface area contributed by atoms with E-state index in [2.05, 4.69) is 4.72 Å². The van der Waals surface area contributed by atoms with Gasteiger partial charge in [-0.3, -0.25) is 0 Å². The Morgan fingerprint density at radius 1 is 1.45 bits per heavy atom. The summed E-state index contributed by atoms with van der Waals surface area (Å²) in [5.41, 5.74) is 6.89.